The van der Waals surface area contributed by atoms with Gasteiger partial charge in [0.15, 0.2) is 5.11 Å². The van der Waals surface area contributed by atoms with E-state index in [-0.39, 0.29) is 29.9 Å². The molecule has 3 aromatic rings. The smallest absolute Gasteiger partial charge is 0.408 e. The Bertz CT molecular complexity index is 1410. The lowest BCUT2D eigenvalue weighted by Crippen LogP contribution is -2.52. The molecule has 0 aliphatic heterocycles. The normalized spacial score (nSPS) is 13.9. The maximum absolute atomic E-state index is 13.0. The second-order valence-electron chi connectivity index (χ2n) is 10.9. The second kappa shape index (κ2) is 12.6. The standard InChI is InChI=1S/C31H36N4O5S/c1-5-39-27(37)25-24(15-18-32-25)35(28(41)33-26(36)22-12-7-6-8-13-22)20-21-11-9-14-23(19-21)31(16-10-17-31)34-29(38)40-30(2,3)4/h6-9,11-15,18-19,32H,5,10,16-17,20H2,1-4H3,(H,34,38)(H,33,36,41). The first-order chi connectivity index (χ1) is 19.5. The minimum atomic E-state index is -0.607. The highest BCUT2D eigenvalue weighted by atomic mass is 32.1. The number of aromatic amines is 1. The Morgan fingerprint density at radius 3 is 2.41 bits per heavy atom. The average Bonchev–Trinajstić information content (AvgIpc) is 3.39. The van der Waals surface area contributed by atoms with Crippen LogP contribution < -0.4 is 15.5 Å². The number of carbonyl (C=O) groups is 3. The van der Waals surface area contributed by atoms with Gasteiger partial charge < -0.3 is 24.7 Å². The predicted molar refractivity (Wildman–Crippen MR) is 161 cm³/mol. The molecule has 0 radical (unpaired) electrons. The van der Waals surface area contributed by atoms with Crippen molar-refractivity contribution in [3.8, 4) is 0 Å². The average molecular weight is 577 g/mol. The number of nitrogens with zero attached hydrogens (tertiary/aromatic N) is 1. The van der Waals surface area contributed by atoms with Crippen LogP contribution in [0, 0.1) is 0 Å². The van der Waals surface area contributed by atoms with Gasteiger partial charge in [-0.15, -0.1) is 0 Å². The lowest BCUT2D eigenvalue weighted by Gasteiger charge is -2.43. The van der Waals surface area contributed by atoms with Crippen molar-refractivity contribution in [1.29, 1.82) is 0 Å². The summed E-state index contributed by atoms with van der Waals surface area (Å²) in [6, 6.07) is 18.3. The first kappa shape index (κ1) is 29.8. The number of H-pyrrole nitrogens is 1. The lowest BCUT2D eigenvalue weighted by molar-refractivity contribution is 0.0376. The molecule has 216 valence electrons. The Morgan fingerprint density at radius 2 is 1.78 bits per heavy atom. The molecule has 41 heavy (non-hydrogen) atoms. The molecule has 1 aliphatic rings. The molecule has 0 bridgehead atoms. The Labute approximate surface area is 245 Å². The highest BCUT2D eigenvalue weighted by Crippen LogP contribution is 2.42. The second-order valence-corrected chi connectivity index (χ2v) is 11.3. The number of nitrogens with one attached hydrogen (secondary N) is 3. The number of amides is 2. The zero-order chi connectivity index (χ0) is 29.6. The lowest BCUT2D eigenvalue weighted by atomic mass is 9.71. The van der Waals surface area contributed by atoms with Gasteiger partial charge in [0, 0.05) is 11.8 Å². The molecule has 9 nitrogen and oxygen atoms in total. The number of benzene rings is 2. The minimum absolute atomic E-state index is 0.125. The van der Waals surface area contributed by atoms with E-state index in [4.69, 9.17) is 21.7 Å². The number of carbonyl (C=O) groups excluding carboxylic acids is 3. The van der Waals surface area contributed by atoms with E-state index in [0.29, 0.717) is 11.3 Å². The van der Waals surface area contributed by atoms with Crippen molar-refractivity contribution in [3.05, 3.63) is 89.2 Å². The van der Waals surface area contributed by atoms with Crippen LogP contribution in [-0.2, 0) is 21.6 Å². The summed E-state index contributed by atoms with van der Waals surface area (Å²) in [4.78, 5) is 43.0. The monoisotopic (exact) mass is 576 g/mol. The minimum Gasteiger partial charge on any atom is -0.461 e. The van der Waals surface area contributed by atoms with Crippen LogP contribution in [0.1, 0.15) is 78.9 Å². The van der Waals surface area contributed by atoms with Crippen LogP contribution in [0.15, 0.2) is 66.9 Å². The largest absolute Gasteiger partial charge is 0.461 e. The number of rotatable bonds is 8. The number of esters is 1. The SMILES string of the molecule is CCOC(=O)c1[nH]ccc1N(Cc1cccc(C2(NC(=O)OC(C)(C)C)CCC2)c1)C(=S)NC(=O)c1ccccc1. The molecular formula is C31H36N4O5S. The van der Waals surface area contributed by atoms with Gasteiger partial charge in [0.05, 0.1) is 24.4 Å². The Hall–Kier alpha value is -4.18. The summed E-state index contributed by atoms with van der Waals surface area (Å²) < 4.78 is 10.8. The topological polar surface area (TPSA) is 113 Å². The zero-order valence-corrected chi connectivity index (χ0v) is 24.6. The van der Waals surface area contributed by atoms with Gasteiger partial charge in [0.2, 0.25) is 0 Å². The molecule has 0 saturated heterocycles. The number of hydrogen-bond donors (Lipinski definition) is 3. The molecule has 0 atom stereocenters. The van der Waals surface area contributed by atoms with Gasteiger partial charge in [0.25, 0.3) is 5.91 Å². The van der Waals surface area contributed by atoms with Crippen LogP contribution in [0.2, 0.25) is 0 Å². The molecule has 4 rings (SSSR count). The fourth-order valence-electron chi connectivity index (χ4n) is 4.71. The molecule has 2 aromatic carbocycles. The third-order valence-electron chi connectivity index (χ3n) is 6.76. The van der Waals surface area contributed by atoms with Gasteiger partial charge in [-0.2, -0.15) is 0 Å². The van der Waals surface area contributed by atoms with Gasteiger partial charge in [-0.05, 0) is 88.5 Å². The predicted octanol–water partition coefficient (Wildman–Crippen LogP) is 5.82. The quantitative estimate of drug-likeness (QED) is 0.229. The fraction of sp³-hybridized carbons (Fsp3) is 0.355. The van der Waals surface area contributed by atoms with E-state index in [0.717, 1.165) is 30.4 Å². The van der Waals surface area contributed by atoms with Gasteiger partial charge >= 0.3 is 12.1 Å². The summed E-state index contributed by atoms with van der Waals surface area (Å²) in [7, 11) is 0. The molecule has 0 spiro atoms. The molecule has 2 amide bonds. The number of alkyl carbamates (subject to hydrolysis) is 1. The molecule has 3 N–H and O–H groups in total. The van der Waals surface area contributed by atoms with Crippen molar-refractivity contribution in [2.24, 2.45) is 0 Å². The summed E-state index contributed by atoms with van der Waals surface area (Å²) in [6.45, 7) is 7.69. The first-order valence-electron chi connectivity index (χ1n) is 13.6. The summed E-state index contributed by atoms with van der Waals surface area (Å²) >= 11 is 5.71. The van der Waals surface area contributed by atoms with Crippen molar-refractivity contribution in [3.63, 3.8) is 0 Å². The Kier molecular flexibility index (Phi) is 9.12. The third-order valence-corrected chi connectivity index (χ3v) is 7.09. The van der Waals surface area contributed by atoms with Crippen LogP contribution in [0.3, 0.4) is 0 Å². The maximum atomic E-state index is 13.0. The van der Waals surface area contributed by atoms with Gasteiger partial charge in [-0.25, -0.2) is 9.59 Å². The van der Waals surface area contributed by atoms with Crippen molar-refractivity contribution in [1.82, 2.24) is 15.6 Å². The fourth-order valence-corrected chi connectivity index (χ4v) is 4.97. The number of hydrogen-bond acceptors (Lipinski definition) is 6. The number of aromatic nitrogens is 1. The summed E-state index contributed by atoms with van der Waals surface area (Å²) in [6.07, 6.45) is 3.72. The highest BCUT2D eigenvalue weighted by molar-refractivity contribution is 7.80. The number of ether oxygens (including phenoxy) is 2. The van der Waals surface area contributed by atoms with Gasteiger partial charge in [-0.1, -0.05) is 42.5 Å². The van der Waals surface area contributed by atoms with Crippen LogP contribution in [-0.4, -0.2) is 40.3 Å². The molecule has 1 fully saturated rings. The molecule has 10 heteroatoms. The third kappa shape index (κ3) is 7.32. The summed E-state index contributed by atoms with van der Waals surface area (Å²) in [5.41, 5.74) is 1.83. The van der Waals surface area contributed by atoms with E-state index >= 15 is 0 Å². The van der Waals surface area contributed by atoms with E-state index in [1.807, 2.05) is 51.1 Å². The first-order valence-corrected chi connectivity index (χ1v) is 14.0. The Morgan fingerprint density at radius 1 is 1.05 bits per heavy atom. The van der Waals surface area contributed by atoms with Crippen LogP contribution in [0.5, 0.6) is 0 Å². The van der Waals surface area contributed by atoms with Crippen LogP contribution >= 0.6 is 12.2 Å². The van der Waals surface area contributed by atoms with Crippen molar-refractivity contribution < 1.29 is 23.9 Å². The van der Waals surface area contributed by atoms with Crippen molar-refractivity contribution in [2.75, 3.05) is 11.5 Å². The molecular weight excluding hydrogens is 540 g/mol. The van der Waals surface area contributed by atoms with Gasteiger partial charge in [-0.3, -0.25) is 10.1 Å². The van der Waals surface area contributed by atoms with E-state index in [1.165, 1.54) is 0 Å². The highest BCUT2D eigenvalue weighted by Gasteiger charge is 2.41. The molecule has 1 aliphatic carbocycles. The Balaban J connectivity index is 1.63. The van der Waals surface area contributed by atoms with E-state index < -0.39 is 23.2 Å². The molecule has 1 saturated carbocycles. The number of anilines is 1. The molecule has 1 aromatic heterocycles. The van der Waals surface area contributed by atoms with Crippen molar-refractivity contribution in [2.45, 2.75) is 64.6 Å². The van der Waals surface area contributed by atoms with E-state index in [9.17, 15) is 14.4 Å². The van der Waals surface area contributed by atoms with Crippen LogP contribution in [0.4, 0.5) is 10.5 Å². The van der Waals surface area contributed by atoms with Crippen molar-refractivity contribution >= 4 is 41.0 Å². The molecule has 1 heterocycles. The summed E-state index contributed by atoms with van der Waals surface area (Å²) in [5, 5.41) is 6.01. The maximum Gasteiger partial charge on any atom is 0.408 e. The molecule has 0 unspecified atom stereocenters. The van der Waals surface area contributed by atoms with E-state index in [2.05, 4.69) is 15.6 Å². The van der Waals surface area contributed by atoms with Crippen LogP contribution in [0.25, 0.3) is 0 Å². The van der Waals surface area contributed by atoms with E-state index in [1.54, 1.807) is 48.4 Å². The van der Waals surface area contributed by atoms with Gasteiger partial charge in [0.1, 0.15) is 11.3 Å². The summed E-state index contributed by atoms with van der Waals surface area (Å²) in [5.74, 6) is -0.893. The zero-order valence-electron chi connectivity index (χ0n) is 23.8. The number of thiocarbonyl (C=S) groups is 1.